The number of thiophene rings is 1. The molecule has 0 saturated heterocycles. The second-order valence-electron chi connectivity index (χ2n) is 7.17. The Morgan fingerprint density at radius 3 is 2.64 bits per heavy atom. The van der Waals surface area contributed by atoms with Gasteiger partial charge in [0.15, 0.2) is 6.10 Å². The number of amides is 1. The van der Waals surface area contributed by atoms with Crippen molar-refractivity contribution >= 4 is 33.4 Å². The van der Waals surface area contributed by atoms with Gasteiger partial charge in [-0.2, -0.15) is 0 Å². The average molecular weight is 362 g/mol. The Bertz CT molecular complexity index is 756. The van der Waals surface area contributed by atoms with E-state index >= 15 is 0 Å². The lowest BCUT2D eigenvalue weighted by Gasteiger charge is -2.27. The van der Waals surface area contributed by atoms with Gasteiger partial charge >= 0.3 is 5.97 Å². The lowest BCUT2D eigenvalue weighted by Crippen LogP contribution is -2.46. The van der Waals surface area contributed by atoms with Gasteiger partial charge in [-0.05, 0) is 36.3 Å². The van der Waals surface area contributed by atoms with Crippen LogP contribution in [0.1, 0.15) is 56.4 Å². The molecular formula is C19H26N2O3S. The fourth-order valence-corrected chi connectivity index (χ4v) is 4.29. The van der Waals surface area contributed by atoms with Crippen molar-refractivity contribution in [3.05, 3.63) is 23.2 Å². The Morgan fingerprint density at radius 2 is 2.00 bits per heavy atom. The summed E-state index contributed by atoms with van der Waals surface area (Å²) >= 11 is 1.59. The summed E-state index contributed by atoms with van der Waals surface area (Å²) in [5, 5.41) is 5.07. The van der Waals surface area contributed by atoms with Gasteiger partial charge < -0.3 is 14.6 Å². The summed E-state index contributed by atoms with van der Waals surface area (Å²) in [6, 6.07) is 4.02. The van der Waals surface area contributed by atoms with E-state index in [1.807, 2.05) is 43.0 Å². The normalized spacial score (nSPS) is 17.0. The molecule has 0 spiro atoms. The number of nitrogens with one attached hydrogen (secondary N) is 1. The van der Waals surface area contributed by atoms with Crippen LogP contribution in [0.5, 0.6) is 0 Å². The van der Waals surface area contributed by atoms with Gasteiger partial charge in [-0.1, -0.05) is 33.1 Å². The van der Waals surface area contributed by atoms with E-state index in [-0.39, 0.29) is 17.9 Å². The van der Waals surface area contributed by atoms with E-state index in [9.17, 15) is 9.59 Å². The SMILES string of the molecule is CC(C)C(OC(=O)c1cc2sccc2n1C)C(=O)NC1CCCCC1. The van der Waals surface area contributed by atoms with Crippen molar-refractivity contribution < 1.29 is 14.3 Å². The highest BCUT2D eigenvalue weighted by atomic mass is 32.1. The zero-order valence-corrected chi connectivity index (χ0v) is 15.9. The third kappa shape index (κ3) is 3.89. The van der Waals surface area contributed by atoms with Gasteiger partial charge in [0.1, 0.15) is 5.69 Å². The summed E-state index contributed by atoms with van der Waals surface area (Å²) in [5.41, 5.74) is 1.49. The maximum atomic E-state index is 12.6. The van der Waals surface area contributed by atoms with Gasteiger partial charge in [-0.3, -0.25) is 4.79 Å². The summed E-state index contributed by atoms with van der Waals surface area (Å²) < 4.78 is 8.48. The minimum Gasteiger partial charge on any atom is -0.447 e. The molecule has 1 amide bonds. The van der Waals surface area contributed by atoms with Crippen LogP contribution in [0.25, 0.3) is 10.2 Å². The molecule has 1 fully saturated rings. The van der Waals surface area contributed by atoms with E-state index in [4.69, 9.17) is 4.74 Å². The van der Waals surface area contributed by atoms with Crippen molar-refractivity contribution in [2.24, 2.45) is 13.0 Å². The van der Waals surface area contributed by atoms with Crippen LogP contribution in [0.2, 0.25) is 0 Å². The maximum absolute atomic E-state index is 12.6. The van der Waals surface area contributed by atoms with E-state index in [0.29, 0.717) is 5.69 Å². The summed E-state index contributed by atoms with van der Waals surface area (Å²) in [6.07, 6.45) is 4.80. The molecule has 1 atom stereocenters. The van der Waals surface area contributed by atoms with Gasteiger partial charge in [-0.25, -0.2) is 4.79 Å². The number of carbonyl (C=O) groups is 2. The lowest BCUT2D eigenvalue weighted by molar-refractivity contribution is -0.133. The number of ether oxygens (including phenoxy) is 1. The minimum atomic E-state index is -0.762. The minimum absolute atomic E-state index is 0.0751. The van der Waals surface area contributed by atoms with Crippen LogP contribution in [0.15, 0.2) is 17.5 Å². The number of fused-ring (bicyclic) bond motifs is 1. The van der Waals surface area contributed by atoms with Crippen LogP contribution in [0.3, 0.4) is 0 Å². The van der Waals surface area contributed by atoms with Crippen molar-refractivity contribution in [1.82, 2.24) is 9.88 Å². The van der Waals surface area contributed by atoms with Gasteiger partial charge in [-0.15, -0.1) is 11.3 Å². The number of aryl methyl sites for hydroxylation is 1. The first-order valence-electron chi connectivity index (χ1n) is 9.01. The molecule has 6 heteroatoms. The van der Waals surface area contributed by atoms with Crippen LogP contribution in [0, 0.1) is 5.92 Å². The number of carbonyl (C=O) groups excluding carboxylic acids is 2. The van der Waals surface area contributed by atoms with Crippen LogP contribution >= 0.6 is 11.3 Å². The zero-order valence-electron chi connectivity index (χ0n) is 15.1. The van der Waals surface area contributed by atoms with E-state index < -0.39 is 12.1 Å². The Kier molecular flexibility index (Phi) is 5.47. The molecule has 2 aromatic heterocycles. The Morgan fingerprint density at radius 1 is 1.28 bits per heavy atom. The Hall–Kier alpha value is -1.82. The molecule has 0 aromatic carbocycles. The topological polar surface area (TPSA) is 60.3 Å². The molecule has 1 aliphatic carbocycles. The zero-order chi connectivity index (χ0) is 18.0. The predicted octanol–water partition coefficient (Wildman–Crippen LogP) is 3.87. The second-order valence-corrected chi connectivity index (χ2v) is 8.12. The standard InChI is InChI=1S/C19H26N2O3S/c1-12(2)17(18(22)20-13-7-5-4-6-8-13)24-19(23)15-11-16-14(21(15)3)9-10-25-16/h9-13,17H,4-8H2,1-3H3,(H,20,22). The highest BCUT2D eigenvalue weighted by Crippen LogP contribution is 2.25. The molecule has 3 rings (SSSR count). The Labute approximate surface area is 152 Å². The first-order valence-corrected chi connectivity index (χ1v) is 9.89. The van der Waals surface area contributed by atoms with Crippen LogP contribution < -0.4 is 5.32 Å². The highest BCUT2D eigenvalue weighted by Gasteiger charge is 2.30. The third-order valence-corrected chi connectivity index (χ3v) is 5.78. The van der Waals surface area contributed by atoms with Crippen LogP contribution in [-0.4, -0.2) is 28.6 Å². The summed E-state index contributed by atoms with van der Waals surface area (Å²) in [5.74, 6) is -0.691. The van der Waals surface area contributed by atoms with Crippen molar-refractivity contribution in [3.63, 3.8) is 0 Å². The summed E-state index contributed by atoms with van der Waals surface area (Å²) in [6.45, 7) is 3.81. The van der Waals surface area contributed by atoms with E-state index in [1.54, 1.807) is 11.3 Å². The quantitative estimate of drug-likeness (QED) is 0.822. The maximum Gasteiger partial charge on any atom is 0.355 e. The average Bonchev–Trinajstić information content (AvgIpc) is 3.16. The molecule has 25 heavy (non-hydrogen) atoms. The molecule has 0 radical (unpaired) electrons. The smallest absolute Gasteiger partial charge is 0.355 e. The van der Waals surface area contributed by atoms with Crippen LogP contribution in [-0.2, 0) is 16.6 Å². The van der Waals surface area contributed by atoms with Gasteiger partial charge in [0.25, 0.3) is 5.91 Å². The fourth-order valence-electron chi connectivity index (χ4n) is 3.44. The molecule has 1 saturated carbocycles. The fraction of sp³-hybridized carbons (Fsp3) is 0.579. The van der Waals surface area contributed by atoms with E-state index in [2.05, 4.69) is 5.32 Å². The molecule has 136 valence electrons. The highest BCUT2D eigenvalue weighted by molar-refractivity contribution is 7.17. The number of nitrogens with zero attached hydrogens (tertiary/aromatic N) is 1. The molecular weight excluding hydrogens is 336 g/mol. The predicted molar refractivity (Wildman–Crippen MR) is 99.9 cm³/mol. The molecule has 2 heterocycles. The van der Waals surface area contributed by atoms with Crippen LogP contribution in [0.4, 0.5) is 0 Å². The van der Waals surface area contributed by atoms with E-state index in [0.717, 1.165) is 35.9 Å². The Balaban J connectivity index is 1.70. The first-order chi connectivity index (χ1) is 12.0. The molecule has 0 aliphatic heterocycles. The van der Waals surface area contributed by atoms with Crippen molar-refractivity contribution in [2.75, 3.05) is 0 Å². The number of rotatable bonds is 5. The monoisotopic (exact) mass is 362 g/mol. The van der Waals surface area contributed by atoms with Gasteiger partial charge in [0, 0.05) is 13.1 Å². The lowest BCUT2D eigenvalue weighted by atomic mass is 9.95. The molecule has 1 unspecified atom stereocenters. The van der Waals surface area contributed by atoms with Crippen molar-refractivity contribution in [1.29, 1.82) is 0 Å². The number of hydrogen-bond donors (Lipinski definition) is 1. The summed E-state index contributed by atoms with van der Waals surface area (Å²) in [7, 11) is 1.85. The number of aromatic nitrogens is 1. The molecule has 1 N–H and O–H groups in total. The molecule has 2 aromatic rings. The number of hydrogen-bond acceptors (Lipinski definition) is 4. The largest absolute Gasteiger partial charge is 0.447 e. The summed E-state index contributed by atoms with van der Waals surface area (Å²) in [4.78, 5) is 25.3. The molecule has 1 aliphatic rings. The van der Waals surface area contributed by atoms with Crippen molar-refractivity contribution in [3.8, 4) is 0 Å². The molecule has 5 nitrogen and oxygen atoms in total. The van der Waals surface area contributed by atoms with E-state index in [1.165, 1.54) is 6.42 Å². The molecule has 0 bridgehead atoms. The third-order valence-electron chi connectivity index (χ3n) is 4.92. The van der Waals surface area contributed by atoms with Crippen molar-refractivity contribution in [2.45, 2.75) is 58.1 Å². The number of esters is 1. The first kappa shape index (κ1) is 18.0. The van der Waals surface area contributed by atoms with Gasteiger partial charge in [0.2, 0.25) is 0 Å². The second kappa shape index (κ2) is 7.60. The van der Waals surface area contributed by atoms with Gasteiger partial charge in [0.05, 0.1) is 10.2 Å².